The van der Waals surface area contributed by atoms with Crippen LogP contribution in [-0.2, 0) is 12.8 Å². The van der Waals surface area contributed by atoms with Gasteiger partial charge in [-0.2, -0.15) is 0 Å². The summed E-state index contributed by atoms with van der Waals surface area (Å²) in [6, 6.07) is 2.47. The van der Waals surface area contributed by atoms with Gasteiger partial charge in [0.05, 0.1) is 5.56 Å². The Labute approximate surface area is 126 Å². The van der Waals surface area contributed by atoms with Gasteiger partial charge in [-0.3, -0.25) is 0 Å². The average Bonchev–Trinajstić information content (AvgIpc) is 2.53. The molecule has 1 heterocycles. The number of oxime groups is 1. The molecular formula is C16H26N4O. The lowest BCUT2D eigenvalue weighted by atomic mass is 9.94. The number of fused-ring (bicyclic) bond motifs is 1. The minimum atomic E-state index is 0.142. The van der Waals surface area contributed by atoms with E-state index in [2.05, 4.69) is 30.0 Å². The fourth-order valence-corrected chi connectivity index (χ4v) is 3.14. The summed E-state index contributed by atoms with van der Waals surface area (Å²) in [6.07, 6.45) is 6.52. The summed E-state index contributed by atoms with van der Waals surface area (Å²) in [5, 5.41) is 12.3. The molecule has 0 saturated carbocycles. The van der Waals surface area contributed by atoms with Crippen LogP contribution < -0.4 is 10.6 Å². The van der Waals surface area contributed by atoms with E-state index in [1.54, 1.807) is 0 Å². The van der Waals surface area contributed by atoms with Gasteiger partial charge < -0.3 is 15.8 Å². The summed E-state index contributed by atoms with van der Waals surface area (Å²) in [7, 11) is 2.05. The fourth-order valence-electron chi connectivity index (χ4n) is 3.14. The zero-order chi connectivity index (χ0) is 15.4. The Balaban J connectivity index is 2.51. The summed E-state index contributed by atoms with van der Waals surface area (Å²) in [5.41, 5.74) is 9.04. The molecule has 0 unspecified atom stereocenters. The van der Waals surface area contributed by atoms with Gasteiger partial charge in [-0.1, -0.05) is 19.0 Å². The van der Waals surface area contributed by atoms with E-state index in [1.165, 1.54) is 24.1 Å². The van der Waals surface area contributed by atoms with E-state index in [1.807, 2.05) is 7.05 Å². The molecule has 3 N–H and O–H groups in total. The Morgan fingerprint density at radius 2 is 2.05 bits per heavy atom. The highest BCUT2D eigenvalue weighted by Crippen LogP contribution is 2.28. The number of hydrogen-bond donors (Lipinski definition) is 2. The number of amidine groups is 1. The molecule has 1 aliphatic rings. The van der Waals surface area contributed by atoms with E-state index < -0.39 is 0 Å². The summed E-state index contributed by atoms with van der Waals surface area (Å²) >= 11 is 0. The second-order valence-corrected chi connectivity index (χ2v) is 5.74. The van der Waals surface area contributed by atoms with Crippen LogP contribution in [-0.4, -0.2) is 29.1 Å². The number of nitrogens with two attached hydrogens (primary N) is 1. The van der Waals surface area contributed by atoms with Crippen LogP contribution in [0.5, 0.6) is 0 Å². The van der Waals surface area contributed by atoms with Gasteiger partial charge in [0.2, 0.25) is 0 Å². The molecule has 2 rings (SSSR count). The minimum Gasteiger partial charge on any atom is -0.409 e. The lowest BCUT2D eigenvalue weighted by Crippen LogP contribution is -2.34. The van der Waals surface area contributed by atoms with Crippen LogP contribution in [0.4, 0.5) is 5.82 Å². The highest BCUT2D eigenvalue weighted by Gasteiger charge is 2.22. The molecule has 0 fully saturated rings. The van der Waals surface area contributed by atoms with Gasteiger partial charge in [0, 0.05) is 18.8 Å². The zero-order valence-electron chi connectivity index (χ0n) is 13.3. The first-order chi connectivity index (χ1) is 10.1. The number of aromatic nitrogens is 1. The highest BCUT2D eigenvalue weighted by molar-refractivity contribution is 6.01. The standard InChI is InChI=1S/C16H26N4O/c1-4-12(5-2)20(3)16-13(15(17)19-21)10-11-8-6-7-9-14(11)18-16/h10,12,21H,4-9H2,1-3H3,(H2,17,19). The molecule has 5 heteroatoms. The molecule has 0 saturated heterocycles. The second kappa shape index (κ2) is 6.78. The third-order valence-electron chi connectivity index (χ3n) is 4.49. The molecule has 0 amide bonds. The fraction of sp³-hybridized carbons (Fsp3) is 0.625. The van der Waals surface area contributed by atoms with E-state index in [0.29, 0.717) is 6.04 Å². The van der Waals surface area contributed by atoms with Crippen LogP contribution in [0.25, 0.3) is 0 Å². The van der Waals surface area contributed by atoms with Crippen LogP contribution in [0.3, 0.4) is 0 Å². The Kier molecular flexibility index (Phi) is 5.04. The van der Waals surface area contributed by atoms with Crippen molar-refractivity contribution in [1.29, 1.82) is 0 Å². The molecular weight excluding hydrogens is 264 g/mol. The van der Waals surface area contributed by atoms with Gasteiger partial charge in [-0.25, -0.2) is 4.98 Å². The average molecular weight is 290 g/mol. The normalized spacial score (nSPS) is 15.1. The maximum Gasteiger partial charge on any atom is 0.173 e. The Bertz CT molecular complexity index is 523. The van der Waals surface area contributed by atoms with Gasteiger partial charge >= 0.3 is 0 Å². The molecule has 116 valence electrons. The third-order valence-corrected chi connectivity index (χ3v) is 4.49. The van der Waals surface area contributed by atoms with Crippen LogP contribution in [0, 0.1) is 0 Å². The van der Waals surface area contributed by atoms with Crippen molar-refractivity contribution in [2.45, 2.75) is 58.4 Å². The SMILES string of the molecule is CCC(CC)N(C)c1nc2c(cc1C(N)=NO)CCCC2. The van der Waals surface area contributed by atoms with E-state index >= 15 is 0 Å². The Morgan fingerprint density at radius 1 is 1.38 bits per heavy atom. The summed E-state index contributed by atoms with van der Waals surface area (Å²) in [4.78, 5) is 7.02. The van der Waals surface area contributed by atoms with Crippen molar-refractivity contribution >= 4 is 11.7 Å². The van der Waals surface area contributed by atoms with Crippen LogP contribution in [0.2, 0.25) is 0 Å². The number of hydrogen-bond acceptors (Lipinski definition) is 4. The molecule has 0 bridgehead atoms. The summed E-state index contributed by atoms with van der Waals surface area (Å²) < 4.78 is 0. The van der Waals surface area contributed by atoms with Crippen molar-refractivity contribution < 1.29 is 5.21 Å². The second-order valence-electron chi connectivity index (χ2n) is 5.74. The topological polar surface area (TPSA) is 74.7 Å². The molecule has 1 aromatic rings. The first-order valence-corrected chi connectivity index (χ1v) is 7.85. The van der Waals surface area contributed by atoms with Crippen molar-refractivity contribution in [1.82, 2.24) is 4.98 Å². The first kappa shape index (κ1) is 15.6. The molecule has 0 aliphatic heterocycles. The number of rotatable bonds is 5. The van der Waals surface area contributed by atoms with Crippen molar-refractivity contribution in [3.8, 4) is 0 Å². The van der Waals surface area contributed by atoms with E-state index in [0.717, 1.165) is 37.1 Å². The molecule has 0 spiro atoms. The molecule has 1 aliphatic carbocycles. The monoisotopic (exact) mass is 290 g/mol. The lowest BCUT2D eigenvalue weighted by Gasteiger charge is -2.30. The maximum atomic E-state index is 9.07. The van der Waals surface area contributed by atoms with Crippen LogP contribution in [0.1, 0.15) is 56.4 Å². The summed E-state index contributed by atoms with van der Waals surface area (Å²) in [5.74, 6) is 0.975. The van der Waals surface area contributed by atoms with Gasteiger partial charge in [0.15, 0.2) is 5.84 Å². The van der Waals surface area contributed by atoms with Crippen LogP contribution in [0.15, 0.2) is 11.2 Å². The zero-order valence-corrected chi connectivity index (χ0v) is 13.3. The van der Waals surface area contributed by atoms with Gasteiger partial charge in [-0.15, -0.1) is 0 Å². The minimum absolute atomic E-state index is 0.142. The number of nitrogens with zero attached hydrogens (tertiary/aromatic N) is 3. The van der Waals surface area contributed by atoms with E-state index in [9.17, 15) is 0 Å². The van der Waals surface area contributed by atoms with Crippen LogP contribution >= 0.6 is 0 Å². The van der Waals surface area contributed by atoms with Crippen molar-refractivity contribution in [3.63, 3.8) is 0 Å². The van der Waals surface area contributed by atoms with Crippen molar-refractivity contribution in [2.24, 2.45) is 10.9 Å². The lowest BCUT2D eigenvalue weighted by molar-refractivity contribution is 0.318. The smallest absolute Gasteiger partial charge is 0.173 e. The third kappa shape index (κ3) is 3.12. The molecule has 0 radical (unpaired) electrons. The van der Waals surface area contributed by atoms with E-state index in [-0.39, 0.29) is 5.84 Å². The number of anilines is 1. The predicted octanol–water partition coefficient (Wildman–Crippen LogP) is 2.68. The molecule has 21 heavy (non-hydrogen) atoms. The van der Waals surface area contributed by atoms with Gasteiger partial charge in [0.25, 0.3) is 0 Å². The number of pyridine rings is 1. The van der Waals surface area contributed by atoms with Gasteiger partial charge in [0.1, 0.15) is 5.82 Å². The van der Waals surface area contributed by atoms with Crippen molar-refractivity contribution in [2.75, 3.05) is 11.9 Å². The Morgan fingerprint density at radius 3 is 2.67 bits per heavy atom. The molecule has 0 atom stereocenters. The van der Waals surface area contributed by atoms with Crippen molar-refractivity contribution in [3.05, 3.63) is 22.9 Å². The van der Waals surface area contributed by atoms with E-state index in [4.69, 9.17) is 15.9 Å². The quantitative estimate of drug-likeness (QED) is 0.378. The molecule has 1 aromatic heterocycles. The Hall–Kier alpha value is -1.78. The molecule has 0 aromatic carbocycles. The molecule has 5 nitrogen and oxygen atoms in total. The first-order valence-electron chi connectivity index (χ1n) is 7.85. The summed E-state index contributed by atoms with van der Waals surface area (Å²) in [6.45, 7) is 4.35. The number of aryl methyl sites for hydroxylation is 2. The largest absolute Gasteiger partial charge is 0.409 e. The highest BCUT2D eigenvalue weighted by atomic mass is 16.4. The van der Waals surface area contributed by atoms with Gasteiger partial charge in [-0.05, 0) is 50.2 Å². The predicted molar refractivity (Wildman–Crippen MR) is 86.2 cm³/mol. The maximum absolute atomic E-state index is 9.07.